The zero-order chi connectivity index (χ0) is 52.3. The summed E-state index contributed by atoms with van der Waals surface area (Å²) in [5, 5.41) is 44.0. The second-order valence-corrected chi connectivity index (χ2v) is 21.7. The van der Waals surface area contributed by atoms with Crippen LogP contribution in [0.5, 0.6) is 0 Å². The quantitative estimate of drug-likeness (QED) is 0.0308. The summed E-state index contributed by atoms with van der Waals surface area (Å²) >= 11 is 0. The Labute approximate surface area is 448 Å². The van der Waals surface area contributed by atoms with Crippen molar-refractivity contribution in [2.24, 2.45) is 0 Å². The van der Waals surface area contributed by atoms with Crippen LogP contribution >= 0.6 is 0 Å². The molecule has 0 aliphatic heterocycles. The fraction of sp³-hybridized carbons (Fsp3) is 0.833. The Morgan fingerprint density at radius 2 is 0.625 bits per heavy atom. The van der Waals surface area contributed by atoms with Gasteiger partial charge in [0.15, 0.2) is 0 Å². The smallest absolute Gasteiger partial charge is 0.249 e. The lowest BCUT2D eigenvalue weighted by atomic mass is 10.00. The summed E-state index contributed by atoms with van der Waals surface area (Å²) in [5.41, 5.74) is 0. The largest absolute Gasteiger partial charge is 0.394 e. The second-order valence-electron chi connectivity index (χ2n) is 21.7. The lowest BCUT2D eigenvalue weighted by molar-refractivity contribution is -0.132. The number of carbonyl (C=O) groups is 1. The van der Waals surface area contributed by atoms with Crippen molar-refractivity contribution in [3.05, 3.63) is 60.8 Å². The molecule has 5 N–H and O–H groups in total. The fourth-order valence-corrected chi connectivity index (χ4v) is 9.71. The number of aliphatic hydroxyl groups excluding tert-OH is 4. The Hall–Kier alpha value is -1.99. The molecule has 4 atom stereocenters. The van der Waals surface area contributed by atoms with E-state index in [1.54, 1.807) is 0 Å². The third-order valence-electron chi connectivity index (χ3n) is 14.7. The minimum absolute atomic E-state index is 0.358. The number of unbranched alkanes of at least 4 members (excludes halogenated alkanes) is 39. The van der Waals surface area contributed by atoms with Gasteiger partial charge in [-0.2, -0.15) is 0 Å². The Morgan fingerprint density at radius 3 is 0.958 bits per heavy atom. The number of hydrogen-bond donors (Lipinski definition) is 5. The third-order valence-corrected chi connectivity index (χ3v) is 14.7. The van der Waals surface area contributed by atoms with E-state index in [0.29, 0.717) is 19.3 Å². The van der Waals surface area contributed by atoms with Gasteiger partial charge in [-0.1, -0.05) is 286 Å². The average molecular weight is 1010 g/mol. The van der Waals surface area contributed by atoms with Crippen LogP contribution in [0.2, 0.25) is 0 Å². The van der Waals surface area contributed by atoms with E-state index in [9.17, 15) is 25.2 Å². The summed E-state index contributed by atoms with van der Waals surface area (Å²) in [7, 11) is 0. The summed E-state index contributed by atoms with van der Waals surface area (Å²) < 4.78 is 0. The molecule has 0 aromatic heterocycles. The van der Waals surface area contributed by atoms with Crippen LogP contribution in [0.3, 0.4) is 0 Å². The number of carbonyl (C=O) groups excluding carboxylic acids is 1. The Bertz CT molecular complexity index is 1230. The molecule has 0 aliphatic carbocycles. The van der Waals surface area contributed by atoms with Crippen LogP contribution in [0.1, 0.15) is 322 Å². The van der Waals surface area contributed by atoms with Crippen molar-refractivity contribution in [2.75, 3.05) is 6.61 Å². The highest BCUT2D eigenvalue weighted by Gasteiger charge is 2.28. The van der Waals surface area contributed by atoms with Crippen LogP contribution in [0.4, 0.5) is 0 Å². The molecule has 0 rings (SSSR count). The van der Waals surface area contributed by atoms with Crippen molar-refractivity contribution in [1.82, 2.24) is 5.32 Å². The first kappa shape index (κ1) is 70.0. The van der Waals surface area contributed by atoms with E-state index in [2.05, 4.69) is 79.9 Å². The molecule has 0 aromatic rings. The molecule has 4 unspecified atom stereocenters. The molecule has 72 heavy (non-hydrogen) atoms. The van der Waals surface area contributed by atoms with Crippen molar-refractivity contribution in [1.29, 1.82) is 0 Å². The van der Waals surface area contributed by atoms with Gasteiger partial charge < -0.3 is 25.7 Å². The molecule has 1 amide bonds. The van der Waals surface area contributed by atoms with Gasteiger partial charge in [0.05, 0.1) is 18.8 Å². The Morgan fingerprint density at radius 1 is 0.347 bits per heavy atom. The highest BCUT2D eigenvalue weighted by Crippen LogP contribution is 2.17. The topological polar surface area (TPSA) is 110 Å². The highest BCUT2D eigenvalue weighted by atomic mass is 16.3. The standard InChI is InChI=1S/C66H123NO5/c1-3-5-7-9-11-13-15-17-19-21-23-25-26-27-28-29-30-31-32-33-34-35-36-37-38-39-40-42-44-46-48-50-52-54-56-58-60-64(70)66(72)67-62(61-68)65(71)63(69)59-57-55-53-51-49-47-45-43-41-24-22-20-18-16-14-12-10-8-6-4-2/h20,22,28-29,31-32,43,45,51,53,62-65,68-71H,3-19,21,23-27,30,33-42,44,46-50,52,54-61H2,1-2H3,(H,67,72)/b22-20+,29-28-,32-31-,45-43+,53-51+. The molecule has 0 saturated carbocycles. The maximum atomic E-state index is 12.6. The Balaban J connectivity index is 3.62. The number of aliphatic hydroxyl groups is 4. The van der Waals surface area contributed by atoms with E-state index in [4.69, 9.17) is 0 Å². The lowest BCUT2D eigenvalue weighted by Crippen LogP contribution is -2.53. The summed E-state index contributed by atoms with van der Waals surface area (Å²) in [6.07, 6.45) is 78.9. The first-order chi connectivity index (χ1) is 35.5. The molecule has 6 nitrogen and oxygen atoms in total. The number of allylic oxidation sites excluding steroid dienone is 10. The van der Waals surface area contributed by atoms with Crippen molar-refractivity contribution < 1.29 is 25.2 Å². The molecule has 422 valence electrons. The zero-order valence-corrected chi connectivity index (χ0v) is 47.9. The van der Waals surface area contributed by atoms with Crippen molar-refractivity contribution >= 4 is 5.91 Å². The molecule has 0 heterocycles. The van der Waals surface area contributed by atoms with Crippen molar-refractivity contribution in [3.8, 4) is 0 Å². The van der Waals surface area contributed by atoms with E-state index < -0.39 is 36.9 Å². The van der Waals surface area contributed by atoms with E-state index in [0.717, 1.165) is 57.8 Å². The first-order valence-corrected chi connectivity index (χ1v) is 31.7. The molecule has 0 saturated heterocycles. The number of hydrogen-bond acceptors (Lipinski definition) is 5. The van der Waals surface area contributed by atoms with Gasteiger partial charge in [0.25, 0.3) is 0 Å². The third kappa shape index (κ3) is 52.9. The van der Waals surface area contributed by atoms with Gasteiger partial charge in [-0.15, -0.1) is 0 Å². The number of amides is 1. The molecule has 0 bridgehead atoms. The maximum Gasteiger partial charge on any atom is 0.249 e. The van der Waals surface area contributed by atoms with Crippen molar-refractivity contribution in [3.63, 3.8) is 0 Å². The zero-order valence-electron chi connectivity index (χ0n) is 47.9. The minimum Gasteiger partial charge on any atom is -0.394 e. The van der Waals surface area contributed by atoms with Crippen LogP contribution in [-0.2, 0) is 4.79 Å². The average Bonchev–Trinajstić information content (AvgIpc) is 3.39. The predicted octanol–water partition coefficient (Wildman–Crippen LogP) is 19.1. The van der Waals surface area contributed by atoms with Gasteiger partial charge in [-0.3, -0.25) is 4.79 Å². The minimum atomic E-state index is -1.30. The van der Waals surface area contributed by atoms with Gasteiger partial charge in [0.2, 0.25) is 5.91 Å². The molecule has 0 aliphatic rings. The van der Waals surface area contributed by atoms with E-state index in [1.165, 1.54) is 231 Å². The Kier molecular flexibility index (Phi) is 58.2. The van der Waals surface area contributed by atoms with Crippen LogP contribution in [0, 0.1) is 0 Å². The van der Waals surface area contributed by atoms with Crippen LogP contribution in [0.25, 0.3) is 0 Å². The van der Waals surface area contributed by atoms with Gasteiger partial charge in [-0.25, -0.2) is 0 Å². The highest BCUT2D eigenvalue weighted by molar-refractivity contribution is 5.80. The van der Waals surface area contributed by atoms with Gasteiger partial charge in [0, 0.05) is 0 Å². The fourth-order valence-electron chi connectivity index (χ4n) is 9.71. The predicted molar refractivity (Wildman–Crippen MR) is 316 cm³/mol. The first-order valence-electron chi connectivity index (χ1n) is 31.7. The summed E-state index contributed by atoms with van der Waals surface area (Å²) in [4.78, 5) is 12.6. The summed E-state index contributed by atoms with van der Waals surface area (Å²) in [5.74, 6) is -0.597. The van der Waals surface area contributed by atoms with Gasteiger partial charge >= 0.3 is 0 Å². The van der Waals surface area contributed by atoms with Crippen LogP contribution in [-0.4, -0.2) is 57.3 Å². The van der Waals surface area contributed by atoms with Crippen LogP contribution < -0.4 is 5.32 Å². The molecular weight excluding hydrogens is 887 g/mol. The molecule has 0 spiro atoms. The van der Waals surface area contributed by atoms with Gasteiger partial charge in [0.1, 0.15) is 12.2 Å². The molecule has 0 fully saturated rings. The second kappa shape index (κ2) is 59.9. The monoisotopic (exact) mass is 1010 g/mol. The molecule has 0 aromatic carbocycles. The molecule has 6 heteroatoms. The lowest BCUT2D eigenvalue weighted by Gasteiger charge is -2.27. The van der Waals surface area contributed by atoms with E-state index >= 15 is 0 Å². The van der Waals surface area contributed by atoms with Crippen molar-refractivity contribution in [2.45, 2.75) is 346 Å². The van der Waals surface area contributed by atoms with Gasteiger partial charge in [-0.05, 0) is 96.3 Å². The number of rotatable bonds is 58. The molecule has 0 radical (unpaired) electrons. The van der Waals surface area contributed by atoms with E-state index in [1.807, 2.05) is 0 Å². The number of nitrogens with one attached hydrogen (secondary N) is 1. The summed E-state index contributed by atoms with van der Waals surface area (Å²) in [6, 6.07) is -1.01. The van der Waals surface area contributed by atoms with E-state index in [-0.39, 0.29) is 0 Å². The molecular formula is C66H123NO5. The maximum absolute atomic E-state index is 12.6. The SMILES string of the molecule is CCCCCCCCC/C=C/CC/C=C/CC/C=C/CCCC(O)C(O)C(CO)NC(=O)C(O)CCCCCCCCCCCCCCCCCC/C=C\C/C=C\CCCCCCCCCCCCCCC. The normalized spacial score (nSPS) is 14.0. The van der Waals surface area contributed by atoms with Crippen LogP contribution in [0.15, 0.2) is 60.8 Å². The summed E-state index contributed by atoms with van der Waals surface area (Å²) in [6.45, 7) is 4.06.